The minimum atomic E-state index is -0.305. The Morgan fingerprint density at radius 3 is 2.80 bits per heavy atom. The summed E-state index contributed by atoms with van der Waals surface area (Å²) >= 11 is 2.41. The number of benzene rings is 1. The van der Waals surface area contributed by atoms with E-state index in [1.165, 1.54) is 28.4 Å². The number of hydrogen-bond acceptors (Lipinski definition) is 6. The van der Waals surface area contributed by atoms with Crippen LogP contribution in [0.1, 0.15) is 5.56 Å². The van der Waals surface area contributed by atoms with Gasteiger partial charge in [-0.3, -0.25) is 15.2 Å². The van der Waals surface area contributed by atoms with Crippen molar-refractivity contribution in [2.45, 2.75) is 0 Å². The Labute approximate surface area is 151 Å². The molecule has 5 nitrogen and oxygen atoms in total. The molecule has 3 heterocycles. The second kappa shape index (κ2) is 6.38. The van der Waals surface area contributed by atoms with Crippen LogP contribution in [0.3, 0.4) is 0 Å². The summed E-state index contributed by atoms with van der Waals surface area (Å²) in [5.41, 5.74) is 2.32. The molecule has 124 valence electrons. The lowest BCUT2D eigenvalue weighted by molar-refractivity contribution is -0.113. The number of carbonyl (C=O) groups excluding carboxylic acids is 1. The predicted octanol–water partition coefficient (Wildman–Crippen LogP) is 3.61. The van der Waals surface area contributed by atoms with Crippen LogP contribution in [0.2, 0.25) is 0 Å². The van der Waals surface area contributed by atoms with Crippen molar-refractivity contribution in [1.82, 2.24) is 4.98 Å². The summed E-state index contributed by atoms with van der Waals surface area (Å²) in [4.78, 5) is 22.9. The fraction of sp³-hybridized carbons (Fsp3) is 0.0588. The molecule has 2 aliphatic heterocycles. The van der Waals surface area contributed by atoms with Crippen LogP contribution in [0, 0.1) is 11.2 Å². The van der Waals surface area contributed by atoms with E-state index in [1.807, 2.05) is 6.08 Å². The first-order valence-corrected chi connectivity index (χ1v) is 9.06. The van der Waals surface area contributed by atoms with Crippen LogP contribution in [0.15, 0.2) is 63.5 Å². The Bertz CT molecular complexity index is 946. The number of aliphatic imine (C=N–C) groups is 1. The number of halogens is 1. The van der Waals surface area contributed by atoms with Crippen molar-refractivity contribution >= 4 is 45.0 Å². The molecule has 0 radical (unpaired) electrons. The minimum Gasteiger partial charge on any atom is -0.280 e. The molecule has 8 heteroatoms. The van der Waals surface area contributed by atoms with Crippen molar-refractivity contribution in [2.24, 2.45) is 4.99 Å². The van der Waals surface area contributed by atoms with Gasteiger partial charge in [-0.1, -0.05) is 6.08 Å². The van der Waals surface area contributed by atoms with Crippen molar-refractivity contribution in [3.05, 3.63) is 69.9 Å². The zero-order valence-electron chi connectivity index (χ0n) is 12.8. The first kappa shape index (κ1) is 15.9. The Morgan fingerprint density at radius 2 is 2.08 bits per heavy atom. The summed E-state index contributed by atoms with van der Waals surface area (Å²) in [5.74, 6) is -0.573. The number of rotatable bonds is 3. The van der Waals surface area contributed by atoms with Crippen molar-refractivity contribution < 1.29 is 9.18 Å². The average Bonchev–Trinajstić information content (AvgIpc) is 3.31. The van der Waals surface area contributed by atoms with Crippen LogP contribution in [-0.4, -0.2) is 28.3 Å². The molecule has 0 aliphatic carbocycles. The normalized spacial score (nSPS) is 18.9. The lowest BCUT2D eigenvalue weighted by Crippen LogP contribution is -2.27. The summed E-state index contributed by atoms with van der Waals surface area (Å²) in [6, 6.07) is 6.10. The molecule has 1 N–H and O–H groups in total. The van der Waals surface area contributed by atoms with Crippen molar-refractivity contribution in [1.29, 1.82) is 5.41 Å². The Balaban J connectivity index is 1.63. The van der Waals surface area contributed by atoms with E-state index in [0.717, 1.165) is 28.6 Å². The van der Waals surface area contributed by atoms with Crippen molar-refractivity contribution in [2.75, 3.05) is 11.4 Å². The number of carbonyl (C=O) groups is 1. The molecule has 1 saturated heterocycles. The summed E-state index contributed by atoms with van der Waals surface area (Å²) in [5, 5.41) is 10.4. The molecule has 1 amide bonds. The number of allylic oxidation sites excluding steroid dienone is 2. The lowest BCUT2D eigenvalue weighted by Gasteiger charge is -2.09. The number of amidine groups is 1. The zero-order valence-corrected chi connectivity index (χ0v) is 14.4. The van der Waals surface area contributed by atoms with Crippen molar-refractivity contribution in [3.63, 3.8) is 0 Å². The monoisotopic (exact) mass is 370 g/mol. The van der Waals surface area contributed by atoms with Gasteiger partial charge >= 0.3 is 0 Å². The van der Waals surface area contributed by atoms with Crippen LogP contribution in [0.5, 0.6) is 0 Å². The molecule has 2 aromatic rings. The minimum absolute atomic E-state index is 0.130. The second-order valence-corrected chi connectivity index (χ2v) is 7.13. The summed E-state index contributed by atoms with van der Waals surface area (Å²) in [7, 11) is 0. The predicted molar refractivity (Wildman–Crippen MR) is 98.9 cm³/mol. The van der Waals surface area contributed by atoms with E-state index in [-0.39, 0.29) is 16.9 Å². The van der Waals surface area contributed by atoms with Gasteiger partial charge in [-0.05, 0) is 47.7 Å². The van der Waals surface area contributed by atoms with Gasteiger partial charge in [0.15, 0.2) is 10.3 Å². The molecule has 0 unspecified atom stereocenters. The van der Waals surface area contributed by atoms with Crippen LogP contribution in [-0.2, 0) is 4.79 Å². The zero-order chi connectivity index (χ0) is 17.4. The van der Waals surface area contributed by atoms with Gasteiger partial charge in [-0.15, -0.1) is 11.3 Å². The van der Waals surface area contributed by atoms with Crippen LogP contribution < -0.4 is 4.90 Å². The van der Waals surface area contributed by atoms with Gasteiger partial charge in [0.05, 0.1) is 17.2 Å². The highest BCUT2D eigenvalue weighted by Gasteiger charge is 2.35. The fourth-order valence-corrected chi connectivity index (χ4v) is 4.08. The Hall–Kier alpha value is -2.58. The van der Waals surface area contributed by atoms with Gasteiger partial charge in [0.2, 0.25) is 0 Å². The summed E-state index contributed by atoms with van der Waals surface area (Å²) < 4.78 is 13.1. The maximum Gasteiger partial charge on any atom is 0.273 e. The Kier molecular flexibility index (Phi) is 4.06. The SMILES string of the molecule is N=C1S/C(=C\C2=CCN=C2c2ccc(F)cc2)C(=O)N1c1nccs1. The third-order valence-corrected chi connectivity index (χ3v) is 5.32. The fourth-order valence-electron chi connectivity index (χ4n) is 2.54. The number of nitrogens with one attached hydrogen (secondary N) is 1. The largest absolute Gasteiger partial charge is 0.280 e. The maximum absolute atomic E-state index is 13.1. The molecule has 25 heavy (non-hydrogen) atoms. The third-order valence-electron chi connectivity index (χ3n) is 3.67. The molecule has 1 fully saturated rings. The van der Waals surface area contributed by atoms with E-state index < -0.39 is 0 Å². The first-order chi connectivity index (χ1) is 12.1. The topological polar surface area (TPSA) is 69.4 Å². The number of thiazole rings is 1. The number of thioether (sulfide) groups is 1. The molecule has 0 saturated carbocycles. The maximum atomic E-state index is 13.1. The van der Waals surface area contributed by atoms with Gasteiger partial charge < -0.3 is 0 Å². The van der Waals surface area contributed by atoms with E-state index in [9.17, 15) is 9.18 Å². The van der Waals surface area contributed by atoms with E-state index in [0.29, 0.717) is 16.6 Å². The van der Waals surface area contributed by atoms with Crippen molar-refractivity contribution in [3.8, 4) is 0 Å². The van der Waals surface area contributed by atoms with E-state index in [1.54, 1.807) is 29.8 Å². The first-order valence-electron chi connectivity index (χ1n) is 7.36. The number of hydrogen-bond donors (Lipinski definition) is 1. The highest BCUT2D eigenvalue weighted by atomic mass is 32.2. The van der Waals surface area contributed by atoms with Gasteiger partial charge in [0.25, 0.3) is 5.91 Å². The highest BCUT2D eigenvalue weighted by molar-refractivity contribution is 8.19. The standard InChI is InChI=1S/C17H11FN4OS2/c18-12-3-1-10(2-4-12)14-11(5-6-20-14)9-13-15(23)22(16(19)25-13)17-21-7-8-24-17/h1-5,7-9,19H,6H2/b13-9-,19-16?. The van der Waals surface area contributed by atoms with Gasteiger partial charge in [-0.2, -0.15) is 0 Å². The molecule has 0 spiro atoms. The van der Waals surface area contributed by atoms with E-state index in [4.69, 9.17) is 5.41 Å². The van der Waals surface area contributed by atoms with E-state index in [2.05, 4.69) is 9.98 Å². The molecule has 0 atom stereocenters. The molecular weight excluding hydrogens is 359 g/mol. The van der Waals surface area contributed by atoms with Crippen LogP contribution in [0.4, 0.5) is 9.52 Å². The molecule has 1 aromatic heterocycles. The van der Waals surface area contributed by atoms with Gasteiger partial charge in [0, 0.05) is 17.1 Å². The lowest BCUT2D eigenvalue weighted by atomic mass is 10.0. The third kappa shape index (κ3) is 2.94. The smallest absolute Gasteiger partial charge is 0.273 e. The molecule has 1 aromatic carbocycles. The van der Waals surface area contributed by atoms with Gasteiger partial charge in [0.1, 0.15) is 5.82 Å². The van der Waals surface area contributed by atoms with Crippen LogP contribution >= 0.6 is 23.1 Å². The molecule has 0 bridgehead atoms. The van der Waals surface area contributed by atoms with Gasteiger partial charge in [-0.25, -0.2) is 14.3 Å². The molecular formula is C17H11FN4OS2. The van der Waals surface area contributed by atoms with E-state index >= 15 is 0 Å². The number of amides is 1. The molecule has 2 aliphatic rings. The van der Waals surface area contributed by atoms with Crippen LogP contribution in [0.25, 0.3) is 0 Å². The number of anilines is 1. The Morgan fingerprint density at radius 1 is 1.28 bits per heavy atom. The second-order valence-electron chi connectivity index (χ2n) is 5.23. The number of aromatic nitrogens is 1. The number of nitrogens with zero attached hydrogens (tertiary/aromatic N) is 3. The average molecular weight is 370 g/mol. The molecule has 4 rings (SSSR count). The summed E-state index contributed by atoms with van der Waals surface area (Å²) in [6.45, 7) is 0.512. The summed E-state index contributed by atoms with van der Waals surface area (Å²) in [6.07, 6.45) is 5.26. The quantitative estimate of drug-likeness (QED) is 0.839. The highest BCUT2D eigenvalue weighted by Crippen LogP contribution is 2.36.